The Labute approximate surface area is 119 Å². The van der Waals surface area contributed by atoms with Gasteiger partial charge in [-0.2, -0.15) is 0 Å². The summed E-state index contributed by atoms with van der Waals surface area (Å²) in [6, 6.07) is 1.90. The Kier molecular flexibility index (Phi) is 8.11. The van der Waals surface area contributed by atoms with Crippen molar-refractivity contribution in [1.29, 1.82) is 0 Å². The molecule has 0 aliphatic rings. The molecule has 0 aliphatic heterocycles. The van der Waals surface area contributed by atoms with Crippen LogP contribution in [0.3, 0.4) is 0 Å². The summed E-state index contributed by atoms with van der Waals surface area (Å²) in [5.74, 6) is -0.997. The first-order valence-corrected chi connectivity index (χ1v) is 12.8. The molecule has 0 aromatic rings. The van der Waals surface area contributed by atoms with Crippen molar-refractivity contribution >= 4 is 22.8 Å². The standard InChI is InChI=1S/C13H30O4Si2/c1-7-10-19(16-3,17-18(4,5)6)11-8-9-12(2)13(14)15/h12H,7-11H2,1-6H3,(H,14,15). The van der Waals surface area contributed by atoms with Gasteiger partial charge in [0.1, 0.15) is 0 Å². The summed E-state index contributed by atoms with van der Waals surface area (Å²) in [6.45, 7) is 10.5. The molecule has 0 heterocycles. The summed E-state index contributed by atoms with van der Waals surface area (Å²) in [5.41, 5.74) is 0. The number of hydrogen-bond donors (Lipinski definition) is 1. The van der Waals surface area contributed by atoms with Crippen LogP contribution in [0.15, 0.2) is 0 Å². The predicted octanol–water partition coefficient (Wildman–Crippen LogP) is 3.84. The van der Waals surface area contributed by atoms with E-state index in [-0.39, 0.29) is 5.92 Å². The molecule has 114 valence electrons. The van der Waals surface area contributed by atoms with Crippen LogP contribution in [0, 0.1) is 5.92 Å². The zero-order valence-corrected chi connectivity index (χ0v) is 15.3. The molecular formula is C13H30O4Si2. The Hall–Kier alpha value is -0.176. The molecule has 0 fully saturated rings. The SMILES string of the molecule is CCC[Si](CCCC(C)C(=O)O)(OC)O[Si](C)(C)C. The smallest absolute Gasteiger partial charge is 0.327 e. The quantitative estimate of drug-likeness (QED) is 0.623. The van der Waals surface area contributed by atoms with Crippen LogP contribution in [0.1, 0.15) is 33.1 Å². The Bertz CT molecular complexity index is 278. The largest absolute Gasteiger partial charge is 0.481 e. The lowest BCUT2D eigenvalue weighted by atomic mass is 10.1. The average molecular weight is 307 g/mol. The third kappa shape index (κ3) is 7.86. The van der Waals surface area contributed by atoms with Crippen molar-refractivity contribution in [3.8, 4) is 0 Å². The van der Waals surface area contributed by atoms with Crippen molar-refractivity contribution in [2.24, 2.45) is 5.92 Å². The van der Waals surface area contributed by atoms with Crippen LogP contribution in [-0.4, -0.2) is 35.1 Å². The molecule has 19 heavy (non-hydrogen) atoms. The number of carboxylic acids is 1. The Balaban J connectivity index is 4.54. The minimum Gasteiger partial charge on any atom is -0.481 e. The summed E-state index contributed by atoms with van der Waals surface area (Å²) in [6.07, 6.45) is 2.63. The highest BCUT2D eigenvalue weighted by Gasteiger charge is 2.39. The van der Waals surface area contributed by atoms with Gasteiger partial charge in [-0.1, -0.05) is 26.7 Å². The van der Waals surface area contributed by atoms with Crippen molar-refractivity contribution in [1.82, 2.24) is 0 Å². The van der Waals surface area contributed by atoms with E-state index in [4.69, 9.17) is 13.6 Å². The van der Waals surface area contributed by atoms with Gasteiger partial charge in [0.15, 0.2) is 8.32 Å². The molecule has 0 spiro atoms. The fourth-order valence-electron chi connectivity index (χ4n) is 2.21. The fourth-order valence-corrected chi connectivity index (χ4v) is 9.99. The lowest BCUT2D eigenvalue weighted by Gasteiger charge is -2.35. The van der Waals surface area contributed by atoms with Gasteiger partial charge in [-0.25, -0.2) is 0 Å². The van der Waals surface area contributed by atoms with E-state index < -0.39 is 22.8 Å². The maximum Gasteiger partial charge on any atom is 0.327 e. The summed E-state index contributed by atoms with van der Waals surface area (Å²) in [7, 11) is -2.01. The third-order valence-electron chi connectivity index (χ3n) is 3.11. The molecule has 0 saturated heterocycles. The lowest BCUT2D eigenvalue weighted by molar-refractivity contribution is -0.141. The molecule has 0 aromatic carbocycles. The van der Waals surface area contributed by atoms with E-state index in [0.717, 1.165) is 24.9 Å². The van der Waals surface area contributed by atoms with E-state index in [1.54, 1.807) is 14.0 Å². The molecule has 4 nitrogen and oxygen atoms in total. The highest BCUT2D eigenvalue weighted by Crippen LogP contribution is 2.27. The van der Waals surface area contributed by atoms with Crippen molar-refractivity contribution in [2.75, 3.05) is 7.11 Å². The van der Waals surface area contributed by atoms with Gasteiger partial charge in [0, 0.05) is 7.11 Å². The number of carboxylic acid groups (broad SMARTS) is 1. The highest BCUT2D eigenvalue weighted by molar-refractivity contribution is 6.82. The second kappa shape index (κ2) is 8.19. The van der Waals surface area contributed by atoms with Gasteiger partial charge in [0.2, 0.25) is 0 Å². The summed E-state index contributed by atoms with van der Waals surface area (Å²) in [4.78, 5) is 10.8. The minimum atomic E-state index is -2.14. The first-order chi connectivity index (χ1) is 8.66. The predicted molar refractivity (Wildman–Crippen MR) is 83.1 cm³/mol. The normalized spacial score (nSPS) is 16.9. The van der Waals surface area contributed by atoms with Gasteiger partial charge in [0.25, 0.3) is 0 Å². The maximum atomic E-state index is 10.8. The van der Waals surface area contributed by atoms with Crippen LogP contribution < -0.4 is 0 Å². The van der Waals surface area contributed by atoms with Gasteiger partial charge in [0.05, 0.1) is 5.92 Å². The maximum absolute atomic E-state index is 10.8. The number of aliphatic carboxylic acids is 1. The van der Waals surface area contributed by atoms with Crippen molar-refractivity contribution in [2.45, 2.75) is 64.8 Å². The van der Waals surface area contributed by atoms with Crippen molar-refractivity contribution in [3.63, 3.8) is 0 Å². The minimum absolute atomic E-state index is 0.280. The lowest BCUT2D eigenvalue weighted by Crippen LogP contribution is -2.48. The molecule has 0 bridgehead atoms. The molecule has 2 atom stereocenters. The van der Waals surface area contributed by atoms with E-state index in [1.807, 2.05) is 0 Å². The molecule has 0 rings (SSSR count). The van der Waals surface area contributed by atoms with Crippen LogP contribution in [0.5, 0.6) is 0 Å². The second-order valence-corrected chi connectivity index (χ2v) is 14.5. The van der Waals surface area contributed by atoms with E-state index in [9.17, 15) is 4.79 Å². The zero-order valence-electron chi connectivity index (χ0n) is 13.3. The molecule has 0 aromatic heterocycles. The Morgan fingerprint density at radius 3 is 2.21 bits per heavy atom. The van der Waals surface area contributed by atoms with Gasteiger partial charge in [-0.15, -0.1) is 0 Å². The topological polar surface area (TPSA) is 55.8 Å². The number of hydrogen-bond acceptors (Lipinski definition) is 3. The number of rotatable bonds is 10. The van der Waals surface area contributed by atoms with Gasteiger partial charge in [-0.05, 0) is 38.2 Å². The summed E-state index contributed by atoms with van der Waals surface area (Å²) >= 11 is 0. The highest BCUT2D eigenvalue weighted by atomic mass is 28.4. The van der Waals surface area contributed by atoms with Gasteiger partial charge < -0.3 is 13.6 Å². The first kappa shape index (κ1) is 18.8. The van der Waals surface area contributed by atoms with Gasteiger partial charge in [-0.3, -0.25) is 4.79 Å². The third-order valence-corrected chi connectivity index (χ3v) is 10.2. The van der Waals surface area contributed by atoms with E-state index in [0.29, 0.717) is 6.42 Å². The molecule has 1 N–H and O–H groups in total. The number of carbonyl (C=O) groups is 1. The monoisotopic (exact) mass is 306 g/mol. The molecule has 0 amide bonds. The molecule has 0 saturated carbocycles. The Morgan fingerprint density at radius 1 is 1.26 bits per heavy atom. The second-order valence-electron chi connectivity index (χ2n) is 6.21. The van der Waals surface area contributed by atoms with Crippen LogP contribution >= 0.6 is 0 Å². The molecule has 2 unspecified atom stereocenters. The average Bonchev–Trinajstić information content (AvgIpc) is 2.26. The molecule has 6 heteroatoms. The van der Waals surface area contributed by atoms with Crippen LogP contribution in [0.4, 0.5) is 0 Å². The van der Waals surface area contributed by atoms with E-state index in [1.165, 1.54) is 0 Å². The van der Waals surface area contributed by atoms with Crippen molar-refractivity contribution in [3.05, 3.63) is 0 Å². The molecule has 0 radical (unpaired) electrons. The van der Waals surface area contributed by atoms with Crippen LogP contribution in [0.2, 0.25) is 31.7 Å². The zero-order chi connectivity index (χ0) is 15.1. The van der Waals surface area contributed by atoms with Crippen LogP contribution in [-0.2, 0) is 13.3 Å². The summed E-state index contributed by atoms with van der Waals surface area (Å²) < 4.78 is 12.2. The van der Waals surface area contributed by atoms with E-state index >= 15 is 0 Å². The molecular weight excluding hydrogens is 276 g/mol. The van der Waals surface area contributed by atoms with Gasteiger partial charge >= 0.3 is 14.5 Å². The molecule has 0 aliphatic carbocycles. The van der Waals surface area contributed by atoms with E-state index in [2.05, 4.69) is 26.6 Å². The Morgan fingerprint density at radius 2 is 1.84 bits per heavy atom. The fraction of sp³-hybridized carbons (Fsp3) is 0.923. The summed E-state index contributed by atoms with van der Waals surface area (Å²) in [5, 5.41) is 8.91. The van der Waals surface area contributed by atoms with Crippen molar-refractivity contribution < 1.29 is 18.4 Å². The first-order valence-electron chi connectivity index (χ1n) is 7.14. The van der Waals surface area contributed by atoms with Crippen LogP contribution in [0.25, 0.3) is 0 Å².